The Morgan fingerprint density at radius 3 is 2.14 bits per heavy atom. The normalized spacial score (nSPS) is 17.2. The molecule has 0 saturated heterocycles. The maximum absolute atomic E-state index is 12.2. The lowest BCUT2D eigenvalue weighted by atomic mass is 9.95. The second-order valence-corrected chi connectivity index (χ2v) is 5.09. The van der Waals surface area contributed by atoms with Crippen LogP contribution in [0.1, 0.15) is 17.3 Å². The number of rotatable bonds is 5. The summed E-state index contributed by atoms with van der Waals surface area (Å²) >= 11 is 0. The van der Waals surface area contributed by atoms with Gasteiger partial charge in [0.05, 0.1) is 6.10 Å². The van der Waals surface area contributed by atoms with Crippen LogP contribution in [0, 0.1) is 0 Å². The molecule has 5 heteroatoms. The zero-order valence-corrected chi connectivity index (χ0v) is 11.5. The van der Waals surface area contributed by atoms with E-state index in [1.165, 1.54) is 6.92 Å². The van der Waals surface area contributed by atoms with Gasteiger partial charge in [0.15, 0.2) is 5.78 Å². The largest absolute Gasteiger partial charge is 0.391 e. The molecule has 5 nitrogen and oxygen atoms in total. The summed E-state index contributed by atoms with van der Waals surface area (Å²) in [6.45, 7) is 1.26. The number of benzene rings is 2. The molecule has 0 aliphatic heterocycles. The average Bonchev–Trinajstić information content (AvgIpc) is 2.51. The predicted octanol–water partition coefficient (Wildman–Crippen LogP) is 0.486. The Balaban J connectivity index is 2.25. The second-order valence-electron chi connectivity index (χ2n) is 5.09. The molecule has 4 atom stereocenters. The molecule has 2 rings (SSSR count). The van der Waals surface area contributed by atoms with E-state index in [4.69, 9.17) is 0 Å². The molecule has 0 aliphatic carbocycles. The third kappa shape index (κ3) is 3.28. The first-order valence-electron chi connectivity index (χ1n) is 6.67. The standard InChI is InChI=1S/C16H18O5/c1-9(17)13(18)15(20)16(21)14(19)12-7-6-10-4-2-3-5-11(10)8-12/h2-9,13,15-18,20-21H,1H3/t9-,13+,15+,16+/m0/s1. The topological polar surface area (TPSA) is 98.0 Å². The predicted molar refractivity (Wildman–Crippen MR) is 78.0 cm³/mol. The van der Waals surface area contributed by atoms with Gasteiger partial charge in [0, 0.05) is 5.56 Å². The van der Waals surface area contributed by atoms with Crippen LogP contribution in [0.25, 0.3) is 10.8 Å². The first-order valence-corrected chi connectivity index (χ1v) is 6.67. The van der Waals surface area contributed by atoms with Crippen LogP contribution in [0.3, 0.4) is 0 Å². The lowest BCUT2D eigenvalue weighted by Gasteiger charge is -2.24. The highest BCUT2D eigenvalue weighted by atomic mass is 16.4. The molecule has 0 heterocycles. The van der Waals surface area contributed by atoms with Gasteiger partial charge in [-0.05, 0) is 23.8 Å². The number of aliphatic hydroxyl groups is 4. The SMILES string of the molecule is C[C@H](O)[C@@H](O)[C@@H](O)[C@H](O)C(=O)c1ccc2ccccc2c1. The van der Waals surface area contributed by atoms with Crippen molar-refractivity contribution < 1.29 is 25.2 Å². The number of hydrogen-bond acceptors (Lipinski definition) is 5. The van der Waals surface area contributed by atoms with Crippen molar-refractivity contribution in [3.8, 4) is 0 Å². The molecule has 2 aromatic rings. The van der Waals surface area contributed by atoms with E-state index in [1.54, 1.807) is 18.2 Å². The van der Waals surface area contributed by atoms with Crippen molar-refractivity contribution in [1.82, 2.24) is 0 Å². The minimum absolute atomic E-state index is 0.234. The van der Waals surface area contributed by atoms with Gasteiger partial charge < -0.3 is 20.4 Å². The Morgan fingerprint density at radius 2 is 1.52 bits per heavy atom. The summed E-state index contributed by atoms with van der Waals surface area (Å²) in [4.78, 5) is 12.2. The fraction of sp³-hybridized carbons (Fsp3) is 0.312. The van der Waals surface area contributed by atoms with Gasteiger partial charge in [-0.2, -0.15) is 0 Å². The summed E-state index contributed by atoms with van der Waals surface area (Å²) in [6, 6.07) is 12.3. The van der Waals surface area contributed by atoms with Crippen molar-refractivity contribution >= 4 is 16.6 Å². The summed E-state index contributed by atoms with van der Waals surface area (Å²) in [7, 11) is 0. The number of carbonyl (C=O) groups excluding carboxylic acids is 1. The molecule has 0 fully saturated rings. The van der Waals surface area contributed by atoms with Crippen LogP contribution < -0.4 is 0 Å². The minimum Gasteiger partial charge on any atom is -0.391 e. The van der Waals surface area contributed by atoms with E-state index in [0.717, 1.165) is 10.8 Å². The molecule has 112 valence electrons. The van der Waals surface area contributed by atoms with E-state index in [1.807, 2.05) is 24.3 Å². The molecule has 0 spiro atoms. The molecule has 0 aromatic heterocycles. The highest BCUT2D eigenvalue weighted by Gasteiger charge is 2.33. The Bertz CT molecular complexity index is 637. The first kappa shape index (κ1) is 15.6. The number of hydrogen-bond donors (Lipinski definition) is 4. The Labute approximate surface area is 122 Å². The van der Waals surface area contributed by atoms with E-state index < -0.39 is 30.2 Å². The maximum Gasteiger partial charge on any atom is 0.194 e. The summed E-state index contributed by atoms with van der Waals surface area (Å²) in [5.74, 6) is -0.701. The van der Waals surface area contributed by atoms with Gasteiger partial charge in [-0.1, -0.05) is 36.4 Å². The zero-order chi connectivity index (χ0) is 15.6. The molecular formula is C16H18O5. The summed E-state index contributed by atoms with van der Waals surface area (Å²) in [6.07, 6.45) is -6.39. The molecule has 0 aliphatic rings. The molecule has 0 bridgehead atoms. The molecule has 4 N–H and O–H groups in total. The monoisotopic (exact) mass is 290 g/mol. The Morgan fingerprint density at radius 1 is 0.905 bits per heavy atom. The van der Waals surface area contributed by atoms with Crippen LogP contribution >= 0.6 is 0 Å². The highest BCUT2D eigenvalue weighted by molar-refractivity contribution is 6.02. The smallest absolute Gasteiger partial charge is 0.194 e. The van der Waals surface area contributed by atoms with Crippen LogP contribution in [0.4, 0.5) is 0 Å². The summed E-state index contributed by atoms with van der Waals surface area (Å²) < 4.78 is 0. The van der Waals surface area contributed by atoms with Crippen LogP contribution in [0.5, 0.6) is 0 Å². The number of Topliss-reactive ketones (excluding diaryl/α,β-unsaturated/α-hetero) is 1. The van der Waals surface area contributed by atoms with Gasteiger partial charge in [-0.3, -0.25) is 4.79 Å². The van der Waals surface area contributed by atoms with Crippen molar-refractivity contribution in [1.29, 1.82) is 0 Å². The van der Waals surface area contributed by atoms with E-state index in [-0.39, 0.29) is 5.56 Å². The van der Waals surface area contributed by atoms with Crippen molar-refractivity contribution in [2.45, 2.75) is 31.3 Å². The van der Waals surface area contributed by atoms with E-state index >= 15 is 0 Å². The highest BCUT2D eigenvalue weighted by Crippen LogP contribution is 2.18. The fourth-order valence-corrected chi connectivity index (χ4v) is 2.14. The zero-order valence-electron chi connectivity index (χ0n) is 11.5. The average molecular weight is 290 g/mol. The molecule has 0 amide bonds. The van der Waals surface area contributed by atoms with Crippen molar-refractivity contribution in [2.75, 3.05) is 0 Å². The van der Waals surface area contributed by atoms with E-state index in [9.17, 15) is 25.2 Å². The molecular weight excluding hydrogens is 272 g/mol. The number of aliphatic hydroxyl groups excluding tert-OH is 4. The number of carbonyl (C=O) groups is 1. The van der Waals surface area contributed by atoms with E-state index in [0.29, 0.717) is 0 Å². The third-order valence-corrected chi connectivity index (χ3v) is 3.47. The van der Waals surface area contributed by atoms with Gasteiger partial charge >= 0.3 is 0 Å². The molecule has 2 aromatic carbocycles. The Kier molecular flexibility index (Phi) is 4.69. The van der Waals surface area contributed by atoms with Crippen LogP contribution in [0.2, 0.25) is 0 Å². The van der Waals surface area contributed by atoms with E-state index in [2.05, 4.69) is 0 Å². The third-order valence-electron chi connectivity index (χ3n) is 3.47. The molecule has 0 unspecified atom stereocenters. The van der Waals surface area contributed by atoms with Crippen molar-refractivity contribution in [3.05, 3.63) is 48.0 Å². The number of fused-ring (bicyclic) bond motifs is 1. The Hall–Kier alpha value is -1.79. The second kappa shape index (κ2) is 6.32. The van der Waals surface area contributed by atoms with Crippen LogP contribution in [0.15, 0.2) is 42.5 Å². The van der Waals surface area contributed by atoms with Crippen LogP contribution in [-0.2, 0) is 0 Å². The number of ketones is 1. The summed E-state index contributed by atoms with van der Waals surface area (Å²) in [5, 5.41) is 40.1. The molecule has 21 heavy (non-hydrogen) atoms. The minimum atomic E-state index is -1.80. The summed E-state index contributed by atoms with van der Waals surface area (Å²) in [5.41, 5.74) is 0.234. The van der Waals surface area contributed by atoms with Crippen molar-refractivity contribution in [3.63, 3.8) is 0 Å². The molecule has 0 radical (unpaired) electrons. The lowest BCUT2D eigenvalue weighted by Crippen LogP contribution is -2.46. The van der Waals surface area contributed by atoms with Gasteiger partial charge in [-0.25, -0.2) is 0 Å². The van der Waals surface area contributed by atoms with Gasteiger partial charge in [0.25, 0.3) is 0 Å². The molecule has 0 saturated carbocycles. The van der Waals surface area contributed by atoms with Crippen molar-refractivity contribution in [2.24, 2.45) is 0 Å². The van der Waals surface area contributed by atoms with Crippen LogP contribution in [-0.4, -0.2) is 50.6 Å². The quantitative estimate of drug-likeness (QED) is 0.601. The van der Waals surface area contributed by atoms with Gasteiger partial charge in [0.1, 0.15) is 18.3 Å². The maximum atomic E-state index is 12.2. The van der Waals surface area contributed by atoms with Gasteiger partial charge in [-0.15, -0.1) is 0 Å². The van der Waals surface area contributed by atoms with Gasteiger partial charge in [0.2, 0.25) is 0 Å². The lowest BCUT2D eigenvalue weighted by molar-refractivity contribution is -0.0893. The fourth-order valence-electron chi connectivity index (χ4n) is 2.14. The first-order chi connectivity index (χ1) is 9.91.